The molecule has 4 nitrogen and oxygen atoms in total. The van der Waals surface area contributed by atoms with Crippen LogP contribution in [0.3, 0.4) is 0 Å². The van der Waals surface area contributed by atoms with Crippen molar-refractivity contribution in [3.8, 4) is 0 Å². The normalized spacial score (nSPS) is 10.7. The Hall–Kier alpha value is -2.14. The van der Waals surface area contributed by atoms with E-state index in [0.29, 0.717) is 0 Å². The van der Waals surface area contributed by atoms with Crippen LogP contribution in [-0.2, 0) is 4.79 Å². The zero-order chi connectivity index (χ0) is 15.9. The van der Waals surface area contributed by atoms with Gasteiger partial charge in [-0.1, -0.05) is 45.8 Å². The maximum absolute atomic E-state index is 11.7. The molecule has 2 aromatic rings. The summed E-state index contributed by atoms with van der Waals surface area (Å²) < 4.78 is 1.01. The van der Waals surface area contributed by atoms with Crippen LogP contribution in [0, 0.1) is 13.8 Å². The number of hydrogen-bond donors (Lipinski definition) is 2. The van der Waals surface area contributed by atoms with E-state index in [4.69, 9.17) is 0 Å². The molecule has 2 N–H and O–H groups in total. The maximum Gasteiger partial charge on any atom is 0.259 e. The predicted molar refractivity (Wildman–Crippen MR) is 94.3 cm³/mol. The lowest BCUT2D eigenvalue weighted by Crippen LogP contribution is -2.26. The summed E-state index contributed by atoms with van der Waals surface area (Å²) in [7, 11) is 0. The number of nitrogens with one attached hydrogen (secondary N) is 2. The molecule has 0 atom stereocenters. The number of hydrogen-bond acceptors (Lipinski definition) is 3. The second kappa shape index (κ2) is 7.75. The zero-order valence-electron chi connectivity index (χ0n) is 12.6. The Morgan fingerprint density at radius 1 is 1.18 bits per heavy atom. The number of benzene rings is 2. The first-order chi connectivity index (χ1) is 10.5. The highest BCUT2D eigenvalue weighted by atomic mass is 79.9. The standard InChI is InChI=1S/C17H18BrN3O/c1-12-3-8-16(13(2)9-12)19-11-17(22)21-20-10-14-4-6-15(18)7-5-14/h3-10,19H,11H2,1-2H3,(H,21,22)/b20-10+. The first kappa shape index (κ1) is 16.2. The van der Waals surface area contributed by atoms with E-state index in [1.165, 1.54) is 5.56 Å². The minimum absolute atomic E-state index is 0.182. The van der Waals surface area contributed by atoms with Gasteiger partial charge in [0.2, 0.25) is 0 Å². The minimum Gasteiger partial charge on any atom is -0.376 e. The van der Waals surface area contributed by atoms with Gasteiger partial charge in [-0.25, -0.2) is 5.43 Å². The molecule has 0 aliphatic heterocycles. The molecule has 1 amide bonds. The van der Waals surface area contributed by atoms with E-state index in [-0.39, 0.29) is 12.5 Å². The highest BCUT2D eigenvalue weighted by Gasteiger charge is 2.02. The third-order valence-corrected chi connectivity index (χ3v) is 3.62. The van der Waals surface area contributed by atoms with Crippen molar-refractivity contribution in [2.45, 2.75) is 13.8 Å². The fourth-order valence-corrected chi connectivity index (χ4v) is 2.22. The third kappa shape index (κ3) is 5.00. The van der Waals surface area contributed by atoms with Crippen molar-refractivity contribution >= 4 is 33.7 Å². The molecule has 2 rings (SSSR count). The van der Waals surface area contributed by atoms with Crippen molar-refractivity contribution in [2.75, 3.05) is 11.9 Å². The second-order valence-electron chi connectivity index (χ2n) is 5.02. The summed E-state index contributed by atoms with van der Waals surface area (Å²) in [4.78, 5) is 11.7. The summed E-state index contributed by atoms with van der Waals surface area (Å²) in [6.07, 6.45) is 1.61. The van der Waals surface area contributed by atoms with E-state index in [0.717, 1.165) is 21.3 Å². The Morgan fingerprint density at radius 3 is 2.59 bits per heavy atom. The molecule has 5 heteroatoms. The van der Waals surface area contributed by atoms with Crippen molar-refractivity contribution in [3.63, 3.8) is 0 Å². The molecule has 0 aliphatic carbocycles. The van der Waals surface area contributed by atoms with E-state index in [2.05, 4.69) is 37.8 Å². The van der Waals surface area contributed by atoms with E-state index >= 15 is 0 Å². The molecule has 0 bridgehead atoms. The van der Waals surface area contributed by atoms with Crippen molar-refractivity contribution in [2.24, 2.45) is 5.10 Å². The molecule has 114 valence electrons. The van der Waals surface area contributed by atoms with Gasteiger partial charge in [-0.3, -0.25) is 4.79 Å². The van der Waals surface area contributed by atoms with Gasteiger partial charge in [-0.05, 0) is 43.2 Å². The lowest BCUT2D eigenvalue weighted by atomic mass is 10.1. The summed E-state index contributed by atoms with van der Waals surface area (Å²) in [5, 5.41) is 7.04. The fraction of sp³-hybridized carbons (Fsp3) is 0.176. The average molecular weight is 360 g/mol. The molecular weight excluding hydrogens is 342 g/mol. The van der Waals surface area contributed by atoms with Crippen LogP contribution >= 0.6 is 15.9 Å². The molecule has 0 saturated carbocycles. The summed E-state index contributed by atoms with van der Waals surface area (Å²) in [6, 6.07) is 13.7. The highest BCUT2D eigenvalue weighted by Crippen LogP contribution is 2.15. The van der Waals surface area contributed by atoms with Crippen molar-refractivity contribution in [1.82, 2.24) is 5.43 Å². The van der Waals surface area contributed by atoms with Gasteiger partial charge in [0, 0.05) is 10.2 Å². The van der Waals surface area contributed by atoms with Crippen LogP contribution in [0.1, 0.15) is 16.7 Å². The Balaban J connectivity index is 1.81. The third-order valence-electron chi connectivity index (χ3n) is 3.09. The summed E-state index contributed by atoms with van der Waals surface area (Å²) in [5.41, 5.74) is 6.70. The molecule has 2 aromatic carbocycles. The van der Waals surface area contributed by atoms with Gasteiger partial charge in [0.15, 0.2) is 0 Å². The SMILES string of the molecule is Cc1ccc(NCC(=O)N/N=C/c2ccc(Br)cc2)c(C)c1. The summed E-state index contributed by atoms with van der Waals surface area (Å²) in [6.45, 7) is 4.24. The number of anilines is 1. The molecule has 0 saturated heterocycles. The highest BCUT2D eigenvalue weighted by molar-refractivity contribution is 9.10. The molecule has 0 heterocycles. The zero-order valence-corrected chi connectivity index (χ0v) is 14.1. The molecule has 0 aromatic heterocycles. The van der Waals surface area contributed by atoms with Gasteiger partial charge < -0.3 is 5.32 Å². The first-order valence-electron chi connectivity index (χ1n) is 6.93. The van der Waals surface area contributed by atoms with E-state index < -0.39 is 0 Å². The van der Waals surface area contributed by atoms with E-state index in [9.17, 15) is 4.79 Å². The Labute approximate surface area is 138 Å². The van der Waals surface area contributed by atoms with E-state index in [1.807, 2.05) is 50.2 Å². The van der Waals surface area contributed by atoms with Gasteiger partial charge in [-0.15, -0.1) is 0 Å². The minimum atomic E-state index is -0.187. The van der Waals surface area contributed by atoms with Crippen LogP contribution < -0.4 is 10.7 Å². The molecule has 22 heavy (non-hydrogen) atoms. The number of amides is 1. The fourth-order valence-electron chi connectivity index (χ4n) is 1.95. The Kier molecular flexibility index (Phi) is 5.72. The number of carbonyl (C=O) groups is 1. The predicted octanol–water partition coefficient (Wildman–Crippen LogP) is 3.63. The number of carbonyl (C=O) groups excluding carboxylic acids is 1. The second-order valence-corrected chi connectivity index (χ2v) is 5.93. The van der Waals surface area contributed by atoms with Crippen molar-refractivity contribution < 1.29 is 4.79 Å². The van der Waals surface area contributed by atoms with Crippen LogP contribution in [0.4, 0.5) is 5.69 Å². The average Bonchev–Trinajstić information content (AvgIpc) is 2.48. The number of aryl methyl sites for hydroxylation is 2. The van der Waals surface area contributed by atoms with Crippen molar-refractivity contribution in [3.05, 3.63) is 63.6 Å². The van der Waals surface area contributed by atoms with Crippen LogP contribution in [-0.4, -0.2) is 18.7 Å². The summed E-state index contributed by atoms with van der Waals surface area (Å²) in [5.74, 6) is -0.187. The number of rotatable bonds is 5. The molecule has 0 unspecified atom stereocenters. The largest absolute Gasteiger partial charge is 0.376 e. The Bertz CT molecular complexity index is 681. The van der Waals surface area contributed by atoms with Gasteiger partial charge in [-0.2, -0.15) is 5.10 Å². The maximum atomic E-state index is 11.7. The molecule has 0 aliphatic rings. The lowest BCUT2D eigenvalue weighted by Gasteiger charge is -2.09. The van der Waals surface area contributed by atoms with Gasteiger partial charge in [0.25, 0.3) is 5.91 Å². The molecular formula is C17H18BrN3O. The van der Waals surface area contributed by atoms with Crippen LogP contribution in [0.5, 0.6) is 0 Å². The molecule has 0 radical (unpaired) electrons. The van der Waals surface area contributed by atoms with Gasteiger partial charge >= 0.3 is 0 Å². The van der Waals surface area contributed by atoms with Crippen LogP contribution in [0.25, 0.3) is 0 Å². The monoisotopic (exact) mass is 359 g/mol. The topological polar surface area (TPSA) is 53.5 Å². The van der Waals surface area contributed by atoms with E-state index in [1.54, 1.807) is 6.21 Å². The number of nitrogens with zero attached hydrogens (tertiary/aromatic N) is 1. The first-order valence-corrected chi connectivity index (χ1v) is 7.72. The number of hydrazone groups is 1. The molecule has 0 spiro atoms. The van der Waals surface area contributed by atoms with Gasteiger partial charge in [0.1, 0.15) is 0 Å². The number of halogens is 1. The smallest absolute Gasteiger partial charge is 0.259 e. The van der Waals surface area contributed by atoms with Crippen LogP contribution in [0.15, 0.2) is 52.0 Å². The van der Waals surface area contributed by atoms with Crippen LogP contribution in [0.2, 0.25) is 0 Å². The van der Waals surface area contributed by atoms with Gasteiger partial charge in [0.05, 0.1) is 12.8 Å². The lowest BCUT2D eigenvalue weighted by molar-refractivity contribution is -0.119. The Morgan fingerprint density at radius 2 is 1.91 bits per heavy atom. The summed E-state index contributed by atoms with van der Waals surface area (Å²) >= 11 is 3.37. The molecule has 0 fully saturated rings. The van der Waals surface area contributed by atoms with Crippen molar-refractivity contribution in [1.29, 1.82) is 0 Å². The quantitative estimate of drug-likeness (QED) is 0.632.